The first-order chi connectivity index (χ1) is 15.2. The topological polar surface area (TPSA) is 103 Å². The van der Waals surface area contributed by atoms with Gasteiger partial charge in [0.2, 0.25) is 5.95 Å². The molecule has 1 saturated heterocycles. The van der Waals surface area contributed by atoms with Crippen molar-refractivity contribution in [3.05, 3.63) is 46.7 Å². The smallest absolute Gasteiger partial charge is 0.253 e. The normalized spacial score (nSPS) is 16.2. The first kappa shape index (κ1) is 22.8. The molecule has 4 rings (SSSR count). The molecule has 170 valence electrons. The molecule has 9 nitrogen and oxygen atoms in total. The molecule has 1 unspecified atom stereocenters. The first-order valence-corrected chi connectivity index (χ1v) is 12.3. The number of sulfonamides is 1. The number of nitrogens with one attached hydrogen (secondary N) is 2. The minimum absolute atomic E-state index is 0.268. The average molecular weight is 496 g/mol. The number of hydrogen-bond donors (Lipinski definition) is 2. The van der Waals surface area contributed by atoms with Crippen LogP contribution < -0.4 is 14.9 Å². The summed E-state index contributed by atoms with van der Waals surface area (Å²) in [5.74, 6) is 0.891. The summed E-state index contributed by atoms with van der Waals surface area (Å²) < 4.78 is 28.4. The molecule has 0 aliphatic carbocycles. The molecule has 0 spiro atoms. The maximum atomic E-state index is 12.9. The number of halogens is 2. The van der Waals surface area contributed by atoms with Crippen LogP contribution in [0, 0.1) is 0 Å². The number of aromatic nitrogens is 3. The Balaban J connectivity index is 1.65. The molecule has 12 heteroatoms. The fraction of sp³-hybridized carbons (Fsp3) is 0.350. The van der Waals surface area contributed by atoms with E-state index in [4.69, 9.17) is 23.2 Å². The molecule has 2 N–H and O–H groups in total. The van der Waals surface area contributed by atoms with Crippen LogP contribution in [0.2, 0.25) is 10.2 Å². The maximum absolute atomic E-state index is 12.9. The summed E-state index contributed by atoms with van der Waals surface area (Å²) in [4.78, 5) is 17.7. The van der Waals surface area contributed by atoms with E-state index in [-0.39, 0.29) is 5.15 Å². The van der Waals surface area contributed by atoms with Gasteiger partial charge in [0.1, 0.15) is 16.3 Å². The molecule has 0 saturated carbocycles. The highest BCUT2D eigenvalue weighted by molar-refractivity contribution is 7.93. The zero-order valence-electron chi connectivity index (χ0n) is 17.6. The molecule has 2 aromatic heterocycles. The number of likely N-dealkylation sites (N-methyl/N-ethyl adjacent to an activating group) is 1. The Labute approximate surface area is 196 Å². The van der Waals surface area contributed by atoms with Gasteiger partial charge in [-0.3, -0.25) is 4.72 Å². The monoisotopic (exact) mass is 495 g/mol. The minimum atomic E-state index is -3.80. The SMILES string of the molecule is CC(Nc1nc(N2CCN(C)CC2)nc2cnc(Cl)cc12)S(=O)(=O)Nc1cccc(Cl)c1. The van der Waals surface area contributed by atoms with Crippen LogP contribution >= 0.6 is 23.2 Å². The number of nitrogens with zero attached hydrogens (tertiary/aromatic N) is 5. The molecule has 1 atom stereocenters. The van der Waals surface area contributed by atoms with E-state index < -0.39 is 15.4 Å². The van der Waals surface area contributed by atoms with E-state index in [1.807, 2.05) is 0 Å². The second kappa shape index (κ2) is 9.22. The van der Waals surface area contributed by atoms with Gasteiger partial charge in [-0.25, -0.2) is 18.4 Å². The molecule has 3 heterocycles. The zero-order chi connectivity index (χ0) is 22.9. The van der Waals surface area contributed by atoms with Gasteiger partial charge in [-0.15, -0.1) is 0 Å². The molecule has 0 bridgehead atoms. The number of anilines is 3. The molecule has 1 aromatic carbocycles. The van der Waals surface area contributed by atoms with Gasteiger partial charge in [0.05, 0.1) is 17.4 Å². The standard InChI is InChI=1S/C20H23Cl2N7O2S/c1-13(32(30,31)27-15-5-3-4-14(21)10-15)24-19-16-11-18(22)23-12-17(16)25-20(26-19)29-8-6-28(2)7-9-29/h3-5,10-13,27H,6-9H2,1-2H3,(H,24,25,26). The molecule has 1 aliphatic rings. The quantitative estimate of drug-likeness (QED) is 0.502. The molecule has 0 radical (unpaired) electrons. The van der Waals surface area contributed by atoms with Crippen LogP contribution in [0.3, 0.4) is 0 Å². The number of piperazine rings is 1. The Morgan fingerprint density at radius 1 is 1.09 bits per heavy atom. The van der Waals surface area contributed by atoms with Crippen LogP contribution in [0.5, 0.6) is 0 Å². The largest absolute Gasteiger partial charge is 0.352 e. The Morgan fingerprint density at radius 3 is 2.56 bits per heavy atom. The van der Waals surface area contributed by atoms with E-state index >= 15 is 0 Å². The van der Waals surface area contributed by atoms with Crippen LogP contribution in [-0.4, -0.2) is 66.9 Å². The summed E-state index contributed by atoms with van der Waals surface area (Å²) in [5.41, 5.74) is 0.956. The predicted octanol–water partition coefficient (Wildman–Crippen LogP) is 3.28. The summed E-state index contributed by atoms with van der Waals surface area (Å²) in [5, 5.41) is 3.30. The van der Waals surface area contributed by atoms with Crippen LogP contribution in [-0.2, 0) is 10.0 Å². The summed E-state index contributed by atoms with van der Waals surface area (Å²) in [6, 6.07) is 8.14. The van der Waals surface area contributed by atoms with Crippen molar-refractivity contribution in [1.29, 1.82) is 0 Å². The molecule has 32 heavy (non-hydrogen) atoms. The van der Waals surface area contributed by atoms with E-state index in [0.29, 0.717) is 33.4 Å². The van der Waals surface area contributed by atoms with Gasteiger partial charge in [0.25, 0.3) is 10.0 Å². The Morgan fingerprint density at radius 2 is 1.84 bits per heavy atom. The van der Waals surface area contributed by atoms with Gasteiger partial charge < -0.3 is 15.1 Å². The van der Waals surface area contributed by atoms with E-state index in [1.165, 1.54) is 0 Å². The Hall–Kier alpha value is -2.40. The molecule has 3 aromatic rings. The van der Waals surface area contributed by atoms with Crippen molar-refractivity contribution in [2.45, 2.75) is 12.3 Å². The van der Waals surface area contributed by atoms with Crippen molar-refractivity contribution in [2.75, 3.05) is 48.2 Å². The summed E-state index contributed by atoms with van der Waals surface area (Å²) in [6.07, 6.45) is 1.56. The highest BCUT2D eigenvalue weighted by Crippen LogP contribution is 2.27. The molecule has 1 fully saturated rings. The first-order valence-electron chi connectivity index (χ1n) is 10.0. The lowest BCUT2D eigenvalue weighted by Gasteiger charge is -2.32. The van der Waals surface area contributed by atoms with Crippen molar-refractivity contribution >= 4 is 61.6 Å². The fourth-order valence-electron chi connectivity index (χ4n) is 3.33. The third-order valence-electron chi connectivity index (χ3n) is 5.21. The number of pyridine rings is 1. The summed E-state index contributed by atoms with van der Waals surface area (Å²) in [6.45, 7) is 4.85. The summed E-state index contributed by atoms with van der Waals surface area (Å²) >= 11 is 12.1. The van der Waals surface area contributed by atoms with Gasteiger partial charge in [-0.1, -0.05) is 29.3 Å². The van der Waals surface area contributed by atoms with Crippen molar-refractivity contribution in [2.24, 2.45) is 0 Å². The third-order valence-corrected chi connectivity index (χ3v) is 7.22. The second-order valence-electron chi connectivity index (χ2n) is 7.63. The number of fused-ring (bicyclic) bond motifs is 1. The second-order valence-corrected chi connectivity index (χ2v) is 10.5. The molecular formula is C20H23Cl2N7O2S. The van der Waals surface area contributed by atoms with Gasteiger partial charge in [-0.2, -0.15) is 4.98 Å². The van der Waals surface area contributed by atoms with Crippen molar-refractivity contribution in [1.82, 2.24) is 19.9 Å². The highest BCUT2D eigenvalue weighted by Gasteiger charge is 2.24. The third kappa shape index (κ3) is 5.15. The van der Waals surface area contributed by atoms with Crippen LogP contribution in [0.4, 0.5) is 17.5 Å². The molecule has 0 amide bonds. The lowest BCUT2D eigenvalue weighted by Crippen LogP contribution is -2.45. The van der Waals surface area contributed by atoms with Crippen LogP contribution in [0.25, 0.3) is 10.9 Å². The predicted molar refractivity (Wildman–Crippen MR) is 129 cm³/mol. The Kier molecular flexibility index (Phi) is 6.57. The minimum Gasteiger partial charge on any atom is -0.352 e. The van der Waals surface area contributed by atoms with E-state index in [9.17, 15) is 8.42 Å². The van der Waals surface area contributed by atoms with E-state index in [1.54, 1.807) is 43.5 Å². The average Bonchev–Trinajstić information content (AvgIpc) is 2.74. The number of rotatable bonds is 6. The van der Waals surface area contributed by atoms with Crippen LogP contribution in [0.1, 0.15) is 6.92 Å². The van der Waals surface area contributed by atoms with Gasteiger partial charge >= 0.3 is 0 Å². The zero-order valence-corrected chi connectivity index (χ0v) is 19.9. The van der Waals surface area contributed by atoms with Crippen molar-refractivity contribution < 1.29 is 8.42 Å². The molecular weight excluding hydrogens is 473 g/mol. The van der Waals surface area contributed by atoms with Crippen molar-refractivity contribution in [3.63, 3.8) is 0 Å². The van der Waals surface area contributed by atoms with E-state index in [2.05, 4.69) is 41.8 Å². The lowest BCUT2D eigenvalue weighted by atomic mass is 10.3. The lowest BCUT2D eigenvalue weighted by molar-refractivity contribution is 0.311. The number of benzene rings is 1. The van der Waals surface area contributed by atoms with Gasteiger partial charge in [0.15, 0.2) is 0 Å². The van der Waals surface area contributed by atoms with Gasteiger partial charge in [0, 0.05) is 36.6 Å². The highest BCUT2D eigenvalue weighted by atomic mass is 35.5. The van der Waals surface area contributed by atoms with E-state index in [0.717, 1.165) is 26.2 Å². The maximum Gasteiger partial charge on any atom is 0.253 e. The molecule has 1 aliphatic heterocycles. The fourth-order valence-corrected chi connectivity index (χ4v) is 4.57. The van der Waals surface area contributed by atoms with Crippen LogP contribution in [0.15, 0.2) is 36.5 Å². The summed E-state index contributed by atoms with van der Waals surface area (Å²) in [7, 11) is -1.73. The van der Waals surface area contributed by atoms with Gasteiger partial charge in [-0.05, 0) is 38.2 Å². The van der Waals surface area contributed by atoms with Crippen molar-refractivity contribution in [3.8, 4) is 0 Å². The Bertz CT molecular complexity index is 1230. The number of hydrogen-bond acceptors (Lipinski definition) is 8.